The number of amides is 1. The zero-order valence-corrected chi connectivity index (χ0v) is 26.3. The lowest BCUT2D eigenvalue weighted by Crippen LogP contribution is -2.41. The predicted molar refractivity (Wildman–Crippen MR) is 180 cm³/mol. The molecule has 3 aliphatic rings. The molecule has 4 aromatic heterocycles. The minimum absolute atomic E-state index is 0.00954. The second-order valence-electron chi connectivity index (χ2n) is 13.4. The van der Waals surface area contributed by atoms with Crippen LogP contribution in [0.15, 0.2) is 73.2 Å². The van der Waals surface area contributed by atoms with Crippen molar-refractivity contribution in [3.05, 3.63) is 84.3 Å². The van der Waals surface area contributed by atoms with Crippen LogP contribution in [-0.2, 0) is 13.1 Å². The highest BCUT2D eigenvalue weighted by molar-refractivity contribution is 6.00. The van der Waals surface area contributed by atoms with Crippen molar-refractivity contribution in [1.82, 2.24) is 33.8 Å². The first-order chi connectivity index (χ1) is 22.9. The summed E-state index contributed by atoms with van der Waals surface area (Å²) in [6.07, 6.45) is 10.1. The Morgan fingerprint density at radius 3 is 2.68 bits per heavy atom. The number of hydrogen-bond acceptors (Lipinski definition) is 7. The minimum atomic E-state index is -0.00954. The number of aromatic nitrogens is 6. The second-order valence-corrected chi connectivity index (χ2v) is 13.4. The fourth-order valence-electron chi connectivity index (χ4n) is 7.80. The monoisotopic (exact) mass is 627 g/mol. The van der Waals surface area contributed by atoms with Crippen LogP contribution in [0.25, 0.3) is 39.1 Å². The number of rotatable bonds is 8. The highest BCUT2D eigenvalue weighted by atomic mass is 16.5. The van der Waals surface area contributed by atoms with Crippen molar-refractivity contribution in [2.75, 3.05) is 19.4 Å². The molecule has 5 heterocycles. The third-order valence-corrected chi connectivity index (χ3v) is 10.4. The van der Waals surface area contributed by atoms with Gasteiger partial charge in [0.25, 0.3) is 5.91 Å². The normalized spacial score (nSPS) is 20.6. The zero-order valence-electron chi connectivity index (χ0n) is 26.3. The number of pyridine rings is 1. The third-order valence-electron chi connectivity index (χ3n) is 10.4. The lowest BCUT2D eigenvalue weighted by molar-refractivity contribution is 0.0700. The number of anilines is 1. The summed E-state index contributed by atoms with van der Waals surface area (Å²) >= 11 is 0. The Hall–Kier alpha value is -5.16. The van der Waals surface area contributed by atoms with Gasteiger partial charge < -0.3 is 30.2 Å². The molecule has 1 aliphatic heterocycles. The van der Waals surface area contributed by atoms with E-state index < -0.39 is 0 Å². The molecule has 0 radical (unpaired) electrons. The van der Waals surface area contributed by atoms with Crippen molar-refractivity contribution in [3.63, 3.8) is 0 Å². The first kappa shape index (κ1) is 28.1. The highest BCUT2D eigenvalue weighted by Crippen LogP contribution is 2.41. The molecule has 3 atom stereocenters. The molecule has 2 saturated carbocycles. The van der Waals surface area contributed by atoms with Gasteiger partial charge in [-0.05, 0) is 67.9 Å². The Bertz CT molecular complexity index is 2170. The highest BCUT2D eigenvalue weighted by Gasteiger charge is 2.47. The van der Waals surface area contributed by atoms with Crippen molar-refractivity contribution >= 4 is 33.7 Å². The van der Waals surface area contributed by atoms with E-state index in [-0.39, 0.29) is 18.0 Å². The molecular formula is C36H37N9O2. The smallest absolute Gasteiger partial charge is 0.254 e. The van der Waals surface area contributed by atoms with Gasteiger partial charge in [0.05, 0.1) is 36.7 Å². The number of benzene rings is 2. The summed E-state index contributed by atoms with van der Waals surface area (Å²) in [5, 5.41) is 5.82. The van der Waals surface area contributed by atoms with Gasteiger partial charge in [-0.15, -0.1) is 0 Å². The van der Waals surface area contributed by atoms with Crippen molar-refractivity contribution < 1.29 is 9.53 Å². The summed E-state index contributed by atoms with van der Waals surface area (Å²) < 4.78 is 12.5. The zero-order chi connectivity index (χ0) is 31.8. The lowest BCUT2D eigenvalue weighted by Gasteiger charge is -2.27. The standard InChI is InChI=1S/C36H37N9O2/c1-47-31-14-25(36(46)43-20-24-8-9-29(43)33(24)38)12-27-34(31)44(18-22-16-40-45(19-22)26-10-11-39-32(37)15-26)35(41-27)30-13-23-4-2-3-5-28(23)42(30)17-21-6-7-21/h2-5,10-16,19,21,24,29,33H,6-9,17-18,20,38H2,1H3,(H2,37,39)/t24?,29?,33-/m1/s1. The predicted octanol–water partition coefficient (Wildman–Crippen LogP) is 4.85. The molecule has 1 saturated heterocycles. The molecule has 2 bridgehead atoms. The maximum Gasteiger partial charge on any atom is 0.254 e. The molecule has 2 unspecified atom stereocenters. The number of fused-ring (bicyclic) bond motifs is 4. The van der Waals surface area contributed by atoms with Crippen molar-refractivity contribution in [1.29, 1.82) is 0 Å². The minimum Gasteiger partial charge on any atom is -0.494 e. The number of ether oxygens (including phenoxy) is 1. The number of nitrogen functional groups attached to an aromatic ring is 1. The number of likely N-dealkylation sites (tertiary alicyclic amines) is 1. The molecule has 11 heteroatoms. The number of carbonyl (C=O) groups excluding carboxylic acids is 1. The Labute approximate surface area is 271 Å². The van der Waals surface area contributed by atoms with Crippen LogP contribution in [0, 0.1) is 11.8 Å². The number of nitrogens with two attached hydrogens (primary N) is 2. The van der Waals surface area contributed by atoms with Crippen molar-refractivity contribution in [2.24, 2.45) is 17.6 Å². The van der Waals surface area contributed by atoms with E-state index >= 15 is 0 Å². The molecule has 2 aliphatic carbocycles. The molecule has 6 aromatic rings. The van der Waals surface area contributed by atoms with Gasteiger partial charge in [-0.2, -0.15) is 5.10 Å². The molecule has 47 heavy (non-hydrogen) atoms. The van der Waals surface area contributed by atoms with E-state index in [9.17, 15) is 4.79 Å². The van der Waals surface area contributed by atoms with Crippen LogP contribution in [0.1, 0.15) is 41.6 Å². The van der Waals surface area contributed by atoms with E-state index in [1.807, 2.05) is 35.5 Å². The average molecular weight is 628 g/mol. The van der Waals surface area contributed by atoms with Gasteiger partial charge in [0.1, 0.15) is 17.1 Å². The van der Waals surface area contributed by atoms with Crippen molar-refractivity contribution in [3.8, 4) is 23.0 Å². The molecule has 0 spiro atoms. The molecule has 3 fully saturated rings. The fraction of sp³-hybridized carbons (Fsp3) is 0.333. The number of hydrogen-bond donors (Lipinski definition) is 2. The number of para-hydroxylation sites is 1. The number of nitrogens with zero attached hydrogens (tertiary/aromatic N) is 7. The summed E-state index contributed by atoms with van der Waals surface area (Å²) in [5.74, 6) is 2.89. The summed E-state index contributed by atoms with van der Waals surface area (Å²) in [4.78, 5) is 25.3. The molecule has 238 valence electrons. The van der Waals surface area contributed by atoms with Crippen LogP contribution in [0.3, 0.4) is 0 Å². The van der Waals surface area contributed by atoms with E-state index in [0.717, 1.165) is 47.7 Å². The Balaban J connectivity index is 1.20. The van der Waals surface area contributed by atoms with Crippen LogP contribution in [0.4, 0.5) is 5.82 Å². The van der Waals surface area contributed by atoms with Crippen LogP contribution in [-0.4, -0.2) is 65.4 Å². The third kappa shape index (κ3) is 4.67. The van der Waals surface area contributed by atoms with Gasteiger partial charge in [0.2, 0.25) is 0 Å². The van der Waals surface area contributed by atoms with Gasteiger partial charge in [-0.1, -0.05) is 18.2 Å². The Morgan fingerprint density at radius 1 is 1.04 bits per heavy atom. The number of piperidine rings is 1. The summed E-state index contributed by atoms with van der Waals surface area (Å²) in [5.41, 5.74) is 18.6. The van der Waals surface area contributed by atoms with Gasteiger partial charge in [0, 0.05) is 65.7 Å². The van der Waals surface area contributed by atoms with E-state index in [1.165, 1.54) is 23.7 Å². The number of carbonyl (C=O) groups is 1. The number of imidazole rings is 1. The van der Waals surface area contributed by atoms with Gasteiger partial charge in [-0.25, -0.2) is 14.6 Å². The quantitative estimate of drug-likeness (QED) is 0.246. The molecule has 2 aromatic carbocycles. The van der Waals surface area contributed by atoms with Crippen LogP contribution in [0.2, 0.25) is 0 Å². The summed E-state index contributed by atoms with van der Waals surface area (Å²) in [6, 6.07) is 18.4. The molecule has 11 nitrogen and oxygen atoms in total. The van der Waals surface area contributed by atoms with E-state index in [4.69, 9.17) is 21.2 Å². The molecule has 4 N–H and O–H groups in total. The lowest BCUT2D eigenvalue weighted by atomic mass is 10.1. The maximum atomic E-state index is 14.0. The first-order valence-corrected chi connectivity index (χ1v) is 16.4. The molecule has 9 rings (SSSR count). The summed E-state index contributed by atoms with van der Waals surface area (Å²) in [7, 11) is 1.66. The SMILES string of the molecule is COc1cc(C(=O)N2CC3CCC2[C@@H]3N)cc2nc(-c3cc4ccccc4n3CC3CC3)n(Cc3cnn(-c4ccnc(N)c4)c3)c12. The maximum absolute atomic E-state index is 14.0. The fourth-order valence-corrected chi connectivity index (χ4v) is 7.80. The molecular weight excluding hydrogens is 590 g/mol. The Kier molecular flexibility index (Phi) is 6.39. The second kappa shape index (κ2) is 10.7. The largest absolute Gasteiger partial charge is 0.494 e. The number of methoxy groups -OCH3 is 1. The average Bonchev–Trinajstić information content (AvgIpc) is 3.39. The van der Waals surface area contributed by atoms with Crippen LogP contribution < -0.4 is 16.2 Å². The van der Waals surface area contributed by atoms with Crippen LogP contribution in [0.5, 0.6) is 5.75 Å². The van der Waals surface area contributed by atoms with Crippen molar-refractivity contribution in [2.45, 2.75) is 50.9 Å². The van der Waals surface area contributed by atoms with E-state index in [0.29, 0.717) is 47.6 Å². The first-order valence-electron chi connectivity index (χ1n) is 16.4. The topological polar surface area (TPSA) is 135 Å². The van der Waals surface area contributed by atoms with Gasteiger partial charge in [0.15, 0.2) is 5.82 Å². The molecule has 1 amide bonds. The van der Waals surface area contributed by atoms with E-state index in [2.05, 4.69) is 49.5 Å². The van der Waals surface area contributed by atoms with E-state index in [1.54, 1.807) is 24.1 Å². The van der Waals surface area contributed by atoms with Gasteiger partial charge >= 0.3 is 0 Å². The van der Waals surface area contributed by atoms with Crippen LogP contribution >= 0.6 is 0 Å². The Morgan fingerprint density at radius 2 is 1.91 bits per heavy atom. The van der Waals surface area contributed by atoms with Gasteiger partial charge in [-0.3, -0.25) is 4.79 Å². The summed E-state index contributed by atoms with van der Waals surface area (Å²) in [6.45, 7) is 2.14.